The van der Waals surface area contributed by atoms with E-state index in [1.807, 2.05) is 13.1 Å². The maximum Gasteiger partial charge on any atom is 0.229 e. The largest absolute Gasteiger partial charge is 0.348 e. The van der Waals surface area contributed by atoms with Crippen LogP contribution in [0.25, 0.3) is 0 Å². The number of aryl methyl sites for hydroxylation is 1. The van der Waals surface area contributed by atoms with E-state index in [9.17, 15) is 9.59 Å². The van der Waals surface area contributed by atoms with E-state index in [1.165, 1.54) is 11.3 Å². The number of nitrogens with one attached hydrogen (secondary N) is 1. The maximum atomic E-state index is 12.5. The summed E-state index contributed by atoms with van der Waals surface area (Å²) in [5.41, 5.74) is 2.20. The average molecular weight is 387 g/mol. The first-order chi connectivity index (χ1) is 13.0. The Morgan fingerprint density at radius 3 is 3.04 bits per heavy atom. The van der Waals surface area contributed by atoms with Crippen molar-refractivity contribution in [2.24, 2.45) is 5.92 Å². The number of carbonyl (C=O) groups excluding carboxylic acids is 2. The van der Waals surface area contributed by atoms with Crippen molar-refractivity contribution < 1.29 is 9.59 Å². The predicted octanol–water partition coefficient (Wildman–Crippen LogP) is 0.294. The third kappa shape index (κ3) is 3.81. The number of likely N-dealkylation sites (N-methyl/N-ethyl adjacent to an activating group) is 1. The van der Waals surface area contributed by atoms with Gasteiger partial charge in [0.2, 0.25) is 16.9 Å². The van der Waals surface area contributed by atoms with Gasteiger partial charge in [0.25, 0.3) is 0 Å². The third-order valence-electron chi connectivity index (χ3n) is 4.84. The van der Waals surface area contributed by atoms with Gasteiger partial charge in [-0.05, 0) is 14.0 Å². The summed E-state index contributed by atoms with van der Waals surface area (Å²) in [6.07, 6.45) is 2.92. The normalized spacial score (nSPS) is 20.0. The summed E-state index contributed by atoms with van der Waals surface area (Å²) in [6.45, 7) is 4.26. The molecule has 2 aromatic heterocycles. The Balaban J connectivity index is 1.35. The summed E-state index contributed by atoms with van der Waals surface area (Å²) >= 11 is 1.35. The van der Waals surface area contributed by atoms with Crippen molar-refractivity contribution in [1.82, 2.24) is 30.4 Å². The van der Waals surface area contributed by atoms with Gasteiger partial charge >= 0.3 is 0 Å². The van der Waals surface area contributed by atoms with Gasteiger partial charge in [-0.2, -0.15) is 0 Å². The average Bonchev–Trinajstić information content (AvgIpc) is 3.25. The second-order valence-corrected chi connectivity index (χ2v) is 8.13. The van der Waals surface area contributed by atoms with E-state index in [2.05, 4.69) is 37.4 Å². The summed E-state index contributed by atoms with van der Waals surface area (Å²) in [6, 6.07) is 0. The molecular weight excluding hydrogens is 366 g/mol. The number of nitrogens with zero attached hydrogens (tertiary/aromatic N) is 6. The quantitative estimate of drug-likeness (QED) is 0.804. The van der Waals surface area contributed by atoms with Gasteiger partial charge in [0.1, 0.15) is 10.8 Å². The highest BCUT2D eigenvalue weighted by atomic mass is 32.1. The van der Waals surface area contributed by atoms with Crippen molar-refractivity contribution in [2.45, 2.75) is 32.9 Å². The van der Waals surface area contributed by atoms with Crippen LogP contribution in [-0.2, 0) is 29.1 Å². The summed E-state index contributed by atoms with van der Waals surface area (Å²) in [5, 5.41) is 12.1. The minimum absolute atomic E-state index is 0.0968. The SMILES string of the molecule is Cc1nnc(N2CC(C(=O)NCc3ncc4c(n3)CCN(C)C4)CC2=O)s1. The summed E-state index contributed by atoms with van der Waals surface area (Å²) in [4.78, 5) is 37.4. The van der Waals surface area contributed by atoms with Gasteiger partial charge in [0.05, 0.1) is 12.5 Å². The molecule has 1 N–H and O–H groups in total. The summed E-state index contributed by atoms with van der Waals surface area (Å²) in [5.74, 6) is -0.0471. The van der Waals surface area contributed by atoms with E-state index in [-0.39, 0.29) is 24.8 Å². The first-order valence-electron chi connectivity index (χ1n) is 8.90. The third-order valence-corrected chi connectivity index (χ3v) is 5.70. The molecule has 27 heavy (non-hydrogen) atoms. The molecule has 2 aliphatic rings. The van der Waals surface area contributed by atoms with Gasteiger partial charge in [0.15, 0.2) is 0 Å². The monoisotopic (exact) mass is 387 g/mol. The van der Waals surface area contributed by atoms with Crippen molar-refractivity contribution in [2.75, 3.05) is 25.0 Å². The Labute approximate surface area is 160 Å². The van der Waals surface area contributed by atoms with Crippen LogP contribution in [0, 0.1) is 12.8 Å². The maximum absolute atomic E-state index is 12.5. The number of anilines is 1. The Morgan fingerprint density at radius 2 is 2.26 bits per heavy atom. The number of amides is 2. The molecule has 1 saturated heterocycles. The van der Waals surface area contributed by atoms with E-state index >= 15 is 0 Å². The first kappa shape index (κ1) is 17.9. The molecule has 0 saturated carbocycles. The highest BCUT2D eigenvalue weighted by Crippen LogP contribution is 2.27. The number of rotatable bonds is 4. The molecule has 0 spiro atoms. The first-order valence-corrected chi connectivity index (χ1v) is 9.71. The number of aromatic nitrogens is 4. The van der Waals surface area contributed by atoms with Gasteiger partial charge in [0, 0.05) is 49.9 Å². The van der Waals surface area contributed by atoms with Crippen LogP contribution in [0.4, 0.5) is 5.13 Å². The Morgan fingerprint density at radius 1 is 1.41 bits per heavy atom. The molecule has 1 atom stereocenters. The van der Waals surface area contributed by atoms with E-state index in [0.717, 1.165) is 35.8 Å². The highest BCUT2D eigenvalue weighted by molar-refractivity contribution is 7.15. The van der Waals surface area contributed by atoms with Crippen LogP contribution in [-0.4, -0.2) is 57.0 Å². The molecule has 2 aromatic rings. The standard InChI is InChI=1S/C17H21N7O2S/c1-10-21-22-17(27-10)24-9-11(5-15(24)25)16(26)19-7-14-18-6-12-8-23(2)4-3-13(12)20-14/h6,11H,3-5,7-9H2,1-2H3,(H,19,26). The molecule has 4 rings (SSSR count). The lowest BCUT2D eigenvalue weighted by molar-refractivity contribution is -0.126. The molecule has 0 radical (unpaired) electrons. The molecule has 2 amide bonds. The van der Waals surface area contributed by atoms with Crippen molar-refractivity contribution in [3.8, 4) is 0 Å². The zero-order chi connectivity index (χ0) is 19.0. The molecule has 4 heterocycles. The topological polar surface area (TPSA) is 104 Å². The van der Waals surface area contributed by atoms with Gasteiger partial charge < -0.3 is 10.2 Å². The van der Waals surface area contributed by atoms with Crippen molar-refractivity contribution >= 4 is 28.3 Å². The van der Waals surface area contributed by atoms with E-state index < -0.39 is 5.92 Å². The van der Waals surface area contributed by atoms with Crippen LogP contribution in [0.15, 0.2) is 6.20 Å². The molecule has 1 unspecified atom stereocenters. The van der Waals surface area contributed by atoms with E-state index in [4.69, 9.17) is 0 Å². The van der Waals surface area contributed by atoms with Gasteiger partial charge in [-0.1, -0.05) is 11.3 Å². The van der Waals surface area contributed by atoms with Gasteiger partial charge in [-0.25, -0.2) is 9.97 Å². The smallest absolute Gasteiger partial charge is 0.229 e. The van der Waals surface area contributed by atoms with Gasteiger partial charge in [-0.15, -0.1) is 10.2 Å². The van der Waals surface area contributed by atoms with Crippen LogP contribution in [0.3, 0.4) is 0 Å². The van der Waals surface area contributed by atoms with Crippen molar-refractivity contribution in [1.29, 1.82) is 0 Å². The van der Waals surface area contributed by atoms with Crippen LogP contribution >= 0.6 is 11.3 Å². The van der Waals surface area contributed by atoms with Crippen LogP contribution in [0.1, 0.15) is 28.5 Å². The fourth-order valence-corrected chi connectivity index (χ4v) is 4.07. The zero-order valence-electron chi connectivity index (χ0n) is 15.3. The van der Waals surface area contributed by atoms with E-state index in [1.54, 1.807) is 4.90 Å². The lowest BCUT2D eigenvalue weighted by Crippen LogP contribution is -2.33. The van der Waals surface area contributed by atoms with Gasteiger partial charge in [-0.3, -0.25) is 14.5 Å². The Hall–Kier alpha value is -2.46. The summed E-state index contributed by atoms with van der Waals surface area (Å²) in [7, 11) is 2.08. The Bertz CT molecular complexity index is 884. The lowest BCUT2D eigenvalue weighted by Gasteiger charge is -2.23. The molecule has 0 aromatic carbocycles. The second-order valence-electron chi connectivity index (χ2n) is 6.97. The minimum Gasteiger partial charge on any atom is -0.348 e. The van der Waals surface area contributed by atoms with Crippen molar-refractivity contribution in [3.63, 3.8) is 0 Å². The van der Waals surface area contributed by atoms with Crippen LogP contribution < -0.4 is 10.2 Å². The summed E-state index contributed by atoms with van der Waals surface area (Å²) < 4.78 is 0. The van der Waals surface area contributed by atoms with Crippen LogP contribution in [0.5, 0.6) is 0 Å². The van der Waals surface area contributed by atoms with Crippen molar-refractivity contribution in [3.05, 3.63) is 28.3 Å². The lowest BCUT2D eigenvalue weighted by atomic mass is 10.1. The van der Waals surface area contributed by atoms with E-state index in [0.29, 0.717) is 17.5 Å². The molecule has 10 heteroatoms. The minimum atomic E-state index is -0.395. The molecule has 1 fully saturated rings. The number of carbonyl (C=O) groups is 2. The fraction of sp³-hybridized carbons (Fsp3) is 0.529. The molecular formula is C17H21N7O2S. The zero-order valence-corrected chi connectivity index (χ0v) is 16.1. The molecule has 142 valence electrons. The number of hydrogen-bond acceptors (Lipinski definition) is 8. The molecule has 0 aliphatic carbocycles. The predicted molar refractivity (Wildman–Crippen MR) is 99.0 cm³/mol. The fourth-order valence-electron chi connectivity index (χ4n) is 3.36. The molecule has 2 aliphatic heterocycles. The van der Waals surface area contributed by atoms with Crippen LogP contribution in [0.2, 0.25) is 0 Å². The highest BCUT2D eigenvalue weighted by Gasteiger charge is 2.36. The Kier molecular flexibility index (Phi) is 4.83. The second kappa shape index (κ2) is 7.28. The molecule has 0 bridgehead atoms. The molecule has 9 nitrogen and oxygen atoms in total. The number of hydrogen-bond donors (Lipinski definition) is 1. The number of fused-ring (bicyclic) bond motifs is 1.